The lowest BCUT2D eigenvalue weighted by molar-refractivity contribution is -0.120. The molecule has 8 nitrogen and oxygen atoms in total. The van der Waals surface area contributed by atoms with Gasteiger partial charge in [-0.2, -0.15) is 0 Å². The largest absolute Gasteiger partial charge is 0.493 e. The van der Waals surface area contributed by atoms with Gasteiger partial charge in [-0.25, -0.2) is 4.39 Å². The van der Waals surface area contributed by atoms with Crippen LogP contribution >= 0.6 is 0 Å². The zero-order valence-corrected chi connectivity index (χ0v) is 21.4. The number of ether oxygens (including phenoxy) is 3. The quantitative estimate of drug-likeness (QED) is 0.323. The summed E-state index contributed by atoms with van der Waals surface area (Å²) in [5.41, 5.74) is 4.66. The van der Waals surface area contributed by atoms with Gasteiger partial charge in [0.2, 0.25) is 11.7 Å². The highest BCUT2D eigenvalue weighted by Crippen LogP contribution is 2.45. The highest BCUT2D eigenvalue weighted by molar-refractivity contribution is 6.41. The molecule has 3 aromatic rings. The molecule has 1 aliphatic rings. The van der Waals surface area contributed by atoms with E-state index in [1.807, 2.05) is 13.0 Å². The SMILES string of the molecule is COc1cc(/C=C2/C(C)=C(CC(=O)NCc3ccco3)c3cc(F)ccc32)cc(OC)c1OCCB(O)O. The predicted octanol–water partition coefficient (Wildman–Crippen LogP) is 4.32. The number of rotatable bonds is 11. The second-order valence-corrected chi connectivity index (χ2v) is 8.76. The molecule has 2 aromatic carbocycles. The number of methoxy groups -OCH3 is 2. The Kier molecular flexibility index (Phi) is 8.55. The van der Waals surface area contributed by atoms with Crippen molar-refractivity contribution in [2.24, 2.45) is 0 Å². The van der Waals surface area contributed by atoms with Crippen molar-refractivity contribution in [2.75, 3.05) is 20.8 Å². The molecular formula is C28H29BFNO7. The van der Waals surface area contributed by atoms with E-state index in [9.17, 15) is 9.18 Å². The van der Waals surface area contributed by atoms with E-state index in [2.05, 4.69) is 5.32 Å². The normalized spacial score (nSPS) is 13.5. The number of carbonyl (C=O) groups is 1. The second-order valence-electron chi connectivity index (χ2n) is 8.76. The summed E-state index contributed by atoms with van der Waals surface area (Å²) in [5, 5.41) is 21.1. The lowest BCUT2D eigenvalue weighted by Crippen LogP contribution is -2.22. The summed E-state index contributed by atoms with van der Waals surface area (Å²) >= 11 is 0. The third kappa shape index (κ3) is 6.09. The minimum atomic E-state index is -1.49. The number of amides is 1. The molecule has 0 unspecified atom stereocenters. The molecule has 1 heterocycles. The van der Waals surface area contributed by atoms with Crippen molar-refractivity contribution in [3.63, 3.8) is 0 Å². The molecule has 0 fully saturated rings. The van der Waals surface area contributed by atoms with Gasteiger partial charge in [-0.1, -0.05) is 6.07 Å². The Bertz CT molecular complexity index is 1340. The van der Waals surface area contributed by atoms with Crippen LogP contribution in [-0.4, -0.2) is 43.9 Å². The van der Waals surface area contributed by atoms with E-state index in [4.69, 9.17) is 28.7 Å². The van der Waals surface area contributed by atoms with Crippen molar-refractivity contribution >= 4 is 30.2 Å². The number of benzene rings is 2. The second kappa shape index (κ2) is 12.0. The standard InChI is InChI=1S/C28H29BFNO7/c1-17-22(11-18-12-25(35-2)28(26(13-18)36-3)38-10-8-29(33)34)21-7-6-19(30)14-24(21)23(17)15-27(32)31-16-20-5-4-9-37-20/h4-7,9,11-14,33-34H,8,10,15-16H2,1-3H3,(H,31,32)/b22-11-. The molecule has 0 bridgehead atoms. The number of allylic oxidation sites excluding steroid dienone is 2. The first kappa shape index (κ1) is 27.0. The van der Waals surface area contributed by atoms with Gasteiger partial charge >= 0.3 is 7.12 Å². The fraction of sp³-hybridized carbons (Fsp3) is 0.250. The molecule has 38 heavy (non-hydrogen) atoms. The van der Waals surface area contributed by atoms with Crippen LogP contribution in [0.5, 0.6) is 17.2 Å². The Morgan fingerprint density at radius 2 is 1.84 bits per heavy atom. The van der Waals surface area contributed by atoms with Gasteiger partial charge in [-0.15, -0.1) is 0 Å². The summed E-state index contributed by atoms with van der Waals surface area (Å²) < 4.78 is 36.2. The van der Waals surface area contributed by atoms with Crippen LogP contribution in [0, 0.1) is 5.82 Å². The van der Waals surface area contributed by atoms with Gasteiger partial charge in [0.15, 0.2) is 11.5 Å². The zero-order chi connectivity index (χ0) is 27.2. The Labute approximate surface area is 220 Å². The minimum absolute atomic E-state index is 0.0211. The smallest absolute Gasteiger partial charge is 0.454 e. The highest BCUT2D eigenvalue weighted by Gasteiger charge is 2.26. The summed E-state index contributed by atoms with van der Waals surface area (Å²) in [6.45, 7) is 2.23. The maximum Gasteiger partial charge on any atom is 0.454 e. The molecule has 0 spiro atoms. The van der Waals surface area contributed by atoms with Gasteiger partial charge in [0.25, 0.3) is 0 Å². The van der Waals surface area contributed by atoms with Crippen molar-refractivity contribution in [1.82, 2.24) is 5.32 Å². The fourth-order valence-corrected chi connectivity index (χ4v) is 4.36. The lowest BCUT2D eigenvalue weighted by atomic mass is 9.87. The number of hydrogen-bond acceptors (Lipinski definition) is 7. The topological polar surface area (TPSA) is 110 Å². The number of furan rings is 1. The molecule has 1 amide bonds. The van der Waals surface area contributed by atoms with Crippen molar-refractivity contribution in [3.8, 4) is 17.2 Å². The number of carbonyl (C=O) groups excluding carboxylic acids is 1. The molecule has 0 saturated carbocycles. The van der Waals surface area contributed by atoms with Crippen molar-refractivity contribution in [3.05, 3.63) is 82.6 Å². The molecular weight excluding hydrogens is 492 g/mol. The molecule has 0 atom stereocenters. The maximum absolute atomic E-state index is 14.2. The summed E-state index contributed by atoms with van der Waals surface area (Å²) in [7, 11) is 1.51. The van der Waals surface area contributed by atoms with Gasteiger partial charge in [0, 0.05) is 6.32 Å². The number of nitrogens with one attached hydrogen (secondary N) is 1. The van der Waals surface area contributed by atoms with E-state index >= 15 is 0 Å². The molecule has 4 rings (SSSR count). The van der Waals surface area contributed by atoms with Crippen molar-refractivity contribution in [2.45, 2.75) is 26.2 Å². The minimum Gasteiger partial charge on any atom is -0.493 e. The Hall–Kier alpha value is -4.02. The van der Waals surface area contributed by atoms with Crippen LogP contribution in [0.4, 0.5) is 4.39 Å². The van der Waals surface area contributed by atoms with Gasteiger partial charge in [0.05, 0.1) is 40.1 Å². The summed E-state index contributed by atoms with van der Waals surface area (Å²) in [6.07, 6.45) is 3.57. The van der Waals surface area contributed by atoms with Gasteiger partial charge < -0.3 is 34.0 Å². The average molecular weight is 521 g/mol. The zero-order valence-electron chi connectivity index (χ0n) is 21.4. The van der Waals surface area contributed by atoms with Crippen LogP contribution in [0.15, 0.2) is 58.7 Å². The van der Waals surface area contributed by atoms with Crippen LogP contribution in [0.25, 0.3) is 17.2 Å². The monoisotopic (exact) mass is 521 g/mol. The van der Waals surface area contributed by atoms with E-state index in [-0.39, 0.29) is 37.6 Å². The molecule has 0 saturated heterocycles. The van der Waals surface area contributed by atoms with Crippen molar-refractivity contribution < 1.29 is 37.9 Å². The van der Waals surface area contributed by atoms with E-state index in [0.29, 0.717) is 28.6 Å². The van der Waals surface area contributed by atoms with Crippen LogP contribution < -0.4 is 19.5 Å². The van der Waals surface area contributed by atoms with Crippen LogP contribution in [0.1, 0.15) is 35.8 Å². The van der Waals surface area contributed by atoms with E-state index in [1.54, 1.807) is 36.6 Å². The lowest BCUT2D eigenvalue weighted by Gasteiger charge is -2.16. The molecule has 0 aliphatic heterocycles. The summed E-state index contributed by atoms with van der Waals surface area (Å²) in [5.74, 6) is 1.20. The first-order valence-electron chi connectivity index (χ1n) is 12.1. The van der Waals surface area contributed by atoms with Crippen LogP contribution in [0.2, 0.25) is 6.32 Å². The molecule has 10 heteroatoms. The van der Waals surface area contributed by atoms with Crippen LogP contribution in [0.3, 0.4) is 0 Å². The Morgan fingerprint density at radius 3 is 2.47 bits per heavy atom. The average Bonchev–Trinajstić information content (AvgIpc) is 3.50. The Balaban J connectivity index is 1.66. The van der Waals surface area contributed by atoms with Gasteiger partial charge in [0.1, 0.15) is 11.6 Å². The number of fused-ring (bicyclic) bond motifs is 1. The molecule has 0 radical (unpaired) electrons. The molecule has 1 aliphatic carbocycles. The third-order valence-electron chi connectivity index (χ3n) is 6.25. The van der Waals surface area contributed by atoms with Crippen molar-refractivity contribution in [1.29, 1.82) is 0 Å². The van der Waals surface area contributed by atoms with E-state index < -0.39 is 7.12 Å². The maximum atomic E-state index is 14.2. The first-order valence-corrected chi connectivity index (χ1v) is 12.1. The first-order chi connectivity index (χ1) is 18.3. The molecule has 198 valence electrons. The molecule has 1 aromatic heterocycles. The van der Waals surface area contributed by atoms with Gasteiger partial charge in [-0.3, -0.25) is 4.79 Å². The number of halogens is 1. The highest BCUT2D eigenvalue weighted by atomic mass is 19.1. The summed E-state index contributed by atoms with van der Waals surface area (Å²) in [4.78, 5) is 12.8. The van der Waals surface area contributed by atoms with Gasteiger partial charge in [-0.05, 0) is 82.8 Å². The number of hydrogen-bond donors (Lipinski definition) is 3. The molecule has 3 N–H and O–H groups in total. The Morgan fingerprint density at radius 1 is 1.11 bits per heavy atom. The van der Waals surface area contributed by atoms with Crippen LogP contribution in [-0.2, 0) is 11.3 Å². The fourth-order valence-electron chi connectivity index (χ4n) is 4.36. The third-order valence-corrected chi connectivity index (χ3v) is 6.25. The van der Waals surface area contributed by atoms with E-state index in [0.717, 1.165) is 27.8 Å². The summed E-state index contributed by atoms with van der Waals surface area (Å²) in [6, 6.07) is 11.6. The van der Waals surface area contributed by atoms with E-state index in [1.165, 1.54) is 26.4 Å². The predicted molar refractivity (Wildman–Crippen MR) is 142 cm³/mol.